The molecule has 0 fully saturated rings. The zero-order chi connectivity index (χ0) is 19.2. The maximum atomic E-state index is 13.0. The van der Waals surface area contributed by atoms with Crippen LogP contribution in [0.25, 0.3) is 0 Å². The van der Waals surface area contributed by atoms with Gasteiger partial charge in [0.25, 0.3) is 0 Å². The number of benzene rings is 2. The number of aromatic nitrogens is 3. The van der Waals surface area contributed by atoms with Crippen LogP contribution in [0.15, 0.2) is 59.8 Å². The lowest BCUT2D eigenvalue weighted by Crippen LogP contribution is -2.32. The number of nitrogens with two attached hydrogens (primary N) is 2. The molecule has 3 rings (SSSR count). The van der Waals surface area contributed by atoms with Crippen molar-refractivity contribution in [3.05, 3.63) is 65.7 Å². The van der Waals surface area contributed by atoms with Crippen molar-refractivity contribution in [3.63, 3.8) is 0 Å². The number of anilines is 3. The van der Waals surface area contributed by atoms with Gasteiger partial charge in [-0.1, -0.05) is 54.2 Å². The van der Waals surface area contributed by atoms with Crippen LogP contribution in [0, 0.1) is 6.92 Å². The van der Waals surface area contributed by atoms with Crippen molar-refractivity contribution in [2.45, 2.75) is 18.6 Å². The summed E-state index contributed by atoms with van der Waals surface area (Å²) in [6.07, 6.45) is 0. The lowest BCUT2D eigenvalue weighted by Gasteiger charge is -2.23. The molecule has 1 aromatic heterocycles. The van der Waals surface area contributed by atoms with E-state index < -0.39 is 0 Å². The molecule has 0 unspecified atom stereocenters. The average molecular weight is 380 g/mol. The molecule has 1 heterocycles. The Kier molecular flexibility index (Phi) is 5.87. The van der Waals surface area contributed by atoms with Gasteiger partial charge in [0.1, 0.15) is 0 Å². The molecule has 0 aliphatic carbocycles. The van der Waals surface area contributed by atoms with Crippen molar-refractivity contribution in [1.29, 1.82) is 0 Å². The summed E-state index contributed by atoms with van der Waals surface area (Å²) in [6.45, 7) is 2.48. The molecule has 1 amide bonds. The van der Waals surface area contributed by atoms with Gasteiger partial charge < -0.3 is 16.4 Å². The molecule has 0 saturated heterocycles. The number of nitrogen functional groups attached to an aromatic ring is 2. The van der Waals surface area contributed by atoms with Gasteiger partial charge >= 0.3 is 0 Å². The lowest BCUT2D eigenvalue weighted by molar-refractivity contribution is -0.116. The van der Waals surface area contributed by atoms with Gasteiger partial charge in [0.15, 0.2) is 5.16 Å². The van der Waals surface area contributed by atoms with E-state index in [0.29, 0.717) is 11.7 Å². The van der Waals surface area contributed by atoms with Crippen molar-refractivity contribution in [3.8, 4) is 0 Å². The standard InChI is InChI=1S/C19H20N6OS/c1-13-6-5-9-15(10-13)25(11-14-7-3-2-4-8-14)16(26)12-27-19-23-17(20)22-18(21)24-19/h2-10H,11-12H2,1H3,(H4,20,21,22,23,24). The van der Waals surface area contributed by atoms with Gasteiger partial charge in [0, 0.05) is 5.69 Å². The smallest absolute Gasteiger partial charge is 0.237 e. The lowest BCUT2D eigenvalue weighted by atomic mass is 10.1. The van der Waals surface area contributed by atoms with Gasteiger partial charge in [0.2, 0.25) is 17.8 Å². The van der Waals surface area contributed by atoms with E-state index in [1.807, 2.05) is 61.5 Å². The topological polar surface area (TPSA) is 111 Å². The minimum atomic E-state index is -0.0630. The molecule has 0 bridgehead atoms. The van der Waals surface area contributed by atoms with Gasteiger partial charge in [-0.05, 0) is 30.2 Å². The SMILES string of the molecule is Cc1cccc(N(Cc2ccccc2)C(=O)CSc2nc(N)nc(N)n2)c1. The summed E-state index contributed by atoms with van der Waals surface area (Å²) in [5, 5.41) is 0.331. The van der Waals surface area contributed by atoms with Crippen LogP contribution >= 0.6 is 11.8 Å². The molecule has 0 aliphatic rings. The Hall–Kier alpha value is -3.13. The van der Waals surface area contributed by atoms with Gasteiger partial charge in [-0.3, -0.25) is 4.79 Å². The van der Waals surface area contributed by atoms with E-state index >= 15 is 0 Å². The fourth-order valence-corrected chi connectivity index (χ4v) is 3.27. The third-order valence-electron chi connectivity index (χ3n) is 3.77. The molecule has 7 nitrogen and oxygen atoms in total. The summed E-state index contributed by atoms with van der Waals surface area (Å²) < 4.78 is 0. The van der Waals surface area contributed by atoms with E-state index in [4.69, 9.17) is 11.5 Å². The van der Waals surface area contributed by atoms with Crippen LogP contribution in [-0.4, -0.2) is 26.6 Å². The highest BCUT2D eigenvalue weighted by molar-refractivity contribution is 7.99. The minimum Gasteiger partial charge on any atom is -0.368 e. The first-order valence-electron chi connectivity index (χ1n) is 8.32. The number of rotatable bonds is 6. The molecule has 0 spiro atoms. The molecule has 4 N–H and O–H groups in total. The van der Waals surface area contributed by atoms with Gasteiger partial charge in [-0.2, -0.15) is 15.0 Å². The molecule has 8 heteroatoms. The number of carbonyl (C=O) groups is 1. The molecule has 0 atom stereocenters. The highest BCUT2D eigenvalue weighted by atomic mass is 32.2. The first kappa shape index (κ1) is 18.7. The minimum absolute atomic E-state index is 0.0391. The maximum absolute atomic E-state index is 13.0. The third kappa shape index (κ3) is 5.18. The van der Waals surface area contributed by atoms with Gasteiger partial charge in [0.05, 0.1) is 12.3 Å². The van der Waals surface area contributed by atoms with Crippen molar-refractivity contribution in [2.24, 2.45) is 0 Å². The van der Waals surface area contributed by atoms with Crippen LogP contribution in [0.4, 0.5) is 17.6 Å². The summed E-state index contributed by atoms with van der Waals surface area (Å²) in [5.41, 5.74) is 14.1. The zero-order valence-electron chi connectivity index (χ0n) is 14.9. The first-order chi connectivity index (χ1) is 13.0. The van der Waals surface area contributed by atoms with E-state index in [1.165, 1.54) is 11.8 Å². The Morgan fingerprint density at radius 1 is 1.00 bits per heavy atom. The van der Waals surface area contributed by atoms with Crippen molar-refractivity contribution in [1.82, 2.24) is 15.0 Å². The van der Waals surface area contributed by atoms with Gasteiger partial charge in [-0.25, -0.2) is 0 Å². The molecule has 0 saturated carbocycles. The molecule has 0 aliphatic heterocycles. The van der Waals surface area contributed by atoms with Crippen LogP contribution in [0.5, 0.6) is 0 Å². The number of nitrogens with zero attached hydrogens (tertiary/aromatic N) is 4. The van der Waals surface area contributed by atoms with Crippen LogP contribution < -0.4 is 16.4 Å². The Labute approximate surface area is 161 Å². The van der Waals surface area contributed by atoms with Crippen LogP contribution in [0.2, 0.25) is 0 Å². The number of hydrogen-bond donors (Lipinski definition) is 2. The predicted octanol–water partition coefficient (Wildman–Crippen LogP) is 2.67. The summed E-state index contributed by atoms with van der Waals surface area (Å²) in [4.78, 5) is 26.5. The summed E-state index contributed by atoms with van der Waals surface area (Å²) >= 11 is 1.18. The number of hydrogen-bond acceptors (Lipinski definition) is 7. The Bertz CT molecular complexity index is 914. The third-order valence-corrected chi connectivity index (χ3v) is 4.60. The number of amides is 1. The zero-order valence-corrected chi connectivity index (χ0v) is 15.7. The average Bonchev–Trinajstić information content (AvgIpc) is 2.64. The molecular formula is C19H20N6OS. The van der Waals surface area contributed by atoms with Crippen LogP contribution in [0.1, 0.15) is 11.1 Å². The predicted molar refractivity (Wildman–Crippen MR) is 108 cm³/mol. The fourth-order valence-electron chi connectivity index (χ4n) is 2.54. The van der Waals surface area contributed by atoms with E-state index in [-0.39, 0.29) is 23.6 Å². The molecule has 3 aromatic rings. The molecule has 27 heavy (non-hydrogen) atoms. The molecule has 138 valence electrons. The Morgan fingerprint density at radius 3 is 2.37 bits per heavy atom. The monoisotopic (exact) mass is 380 g/mol. The second-order valence-corrected chi connectivity index (χ2v) is 6.87. The molecular weight excluding hydrogens is 360 g/mol. The number of aryl methyl sites for hydroxylation is 1. The van der Waals surface area contributed by atoms with Crippen molar-refractivity contribution < 1.29 is 4.79 Å². The summed E-state index contributed by atoms with van der Waals surface area (Å²) in [7, 11) is 0. The van der Waals surface area contributed by atoms with Crippen LogP contribution in [-0.2, 0) is 11.3 Å². The largest absolute Gasteiger partial charge is 0.368 e. The first-order valence-corrected chi connectivity index (χ1v) is 9.30. The van der Waals surface area contributed by atoms with Crippen molar-refractivity contribution in [2.75, 3.05) is 22.1 Å². The molecule has 0 radical (unpaired) electrons. The van der Waals surface area contributed by atoms with E-state index in [1.54, 1.807) is 4.90 Å². The second kappa shape index (κ2) is 8.50. The van der Waals surface area contributed by atoms with Crippen LogP contribution in [0.3, 0.4) is 0 Å². The second-order valence-electron chi connectivity index (χ2n) is 5.93. The highest BCUT2D eigenvalue weighted by Gasteiger charge is 2.18. The highest BCUT2D eigenvalue weighted by Crippen LogP contribution is 2.22. The summed E-state index contributed by atoms with van der Waals surface area (Å²) in [6, 6.07) is 17.7. The normalized spacial score (nSPS) is 10.6. The quantitative estimate of drug-likeness (QED) is 0.632. The van der Waals surface area contributed by atoms with E-state index in [9.17, 15) is 4.79 Å². The van der Waals surface area contributed by atoms with E-state index in [0.717, 1.165) is 16.8 Å². The summed E-state index contributed by atoms with van der Waals surface area (Å²) in [5.74, 6) is 0.172. The number of carbonyl (C=O) groups excluding carboxylic acids is 1. The Balaban J connectivity index is 1.79. The Morgan fingerprint density at radius 2 is 1.70 bits per heavy atom. The fraction of sp³-hybridized carbons (Fsp3) is 0.158. The van der Waals surface area contributed by atoms with E-state index in [2.05, 4.69) is 15.0 Å². The number of thioether (sulfide) groups is 1. The van der Waals surface area contributed by atoms with Gasteiger partial charge in [-0.15, -0.1) is 0 Å². The molecule has 2 aromatic carbocycles. The maximum Gasteiger partial charge on any atom is 0.237 e. The van der Waals surface area contributed by atoms with Crippen molar-refractivity contribution >= 4 is 35.3 Å².